The normalized spacial score (nSPS) is 10.8. The summed E-state index contributed by atoms with van der Waals surface area (Å²) in [5.74, 6) is 0.786. The monoisotopic (exact) mass is 289 g/mol. The van der Waals surface area contributed by atoms with Crippen LogP contribution >= 0.6 is 11.6 Å². The van der Waals surface area contributed by atoms with Crippen LogP contribution in [-0.2, 0) is 13.0 Å². The number of rotatable bonds is 5. The van der Waals surface area contributed by atoms with Gasteiger partial charge in [-0.15, -0.1) is 0 Å². The minimum atomic E-state index is 0.107. The van der Waals surface area contributed by atoms with Crippen LogP contribution in [-0.4, -0.2) is 5.11 Å². The number of nitrogens with one attached hydrogen (secondary N) is 1. The largest absolute Gasteiger partial charge is 0.506 e. The van der Waals surface area contributed by atoms with Crippen molar-refractivity contribution in [2.75, 3.05) is 5.32 Å². The molecule has 0 fully saturated rings. The summed E-state index contributed by atoms with van der Waals surface area (Å²) < 4.78 is 0. The Morgan fingerprint density at radius 1 is 1.05 bits per heavy atom. The van der Waals surface area contributed by atoms with Gasteiger partial charge in [0.2, 0.25) is 0 Å². The van der Waals surface area contributed by atoms with E-state index in [1.807, 2.05) is 6.07 Å². The second kappa shape index (κ2) is 6.67. The third-order valence-corrected chi connectivity index (χ3v) is 3.41. The minimum absolute atomic E-state index is 0.107. The molecule has 2 nitrogen and oxygen atoms in total. The van der Waals surface area contributed by atoms with Gasteiger partial charge in [-0.05, 0) is 41.7 Å². The lowest BCUT2D eigenvalue weighted by Gasteiger charge is -2.09. The highest BCUT2D eigenvalue weighted by Gasteiger charge is 2.01. The molecule has 0 unspecified atom stereocenters. The SMILES string of the molecule is CC(C)Cc1ccc(CNc2ccc(O)c(Cl)c2)cc1. The molecule has 2 aromatic rings. The highest BCUT2D eigenvalue weighted by Crippen LogP contribution is 2.26. The molecule has 0 saturated heterocycles. The van der Waals surface area contributed by atoms with Gasteiger partial charge in [-0.3, -0.25) is 0 Å². The first-order valence-electron chi connectivity index (χ1n) is 6.85. The number of hydrogen-bond donors (Lipinski definition) is 2. The number of benzene rings is 2. The van der Waals surface area contributed by atoms with Gasteiger partial charge >= 0.3 is 0 Å². The number of hydrogen-bond acceptors (Lipinski definition) is 2. The molecule has 2 aromatic carbocycles. The third kappa shape index (κ3) is 4.17. The van der Waals surface area contributed by atoms with E-state index in [1.165, 1.54) is 11.1 Å². The van der Waals surface area contributed by atoms with Crippen molar-refractivity contribution in [3.63, 3.8) is 0 Å². The number of aromatic hydroxyl groups is 1. The van der Waals surface area contributed by atoms with Crippen LogP contribution in [0, 0.1) is 5.92 Å². The van der Waals surface area contributed by atoms with Gasteiger partial charge in [-0.25, -0.2) is 0 Å². The number of phenolic OH excluding ortho intramolecular Hbond substituents is 1. The lowest BCUT2D eigenvalue weighted by Crippen LogP contribution is -2.00. The molecule has 0 heterocycles. The van der Waals surface area contributed by atoms with E-state index < -0.39 is 0 Å². The number of anilines is 1. The van der Waals surface area contributed by atoms with E-state index in [-0.39, 0.29) is 5.75 Å². The molecule has 0 aliphatic carbocycles. The maximum absolute atomic E-state index is 9.37. The molecule has 106 valence electrons. The molecule has 0 aliphatic rings. The van der Waals surface area contributed by atoms with Crippen LogP contribution in [0.25, 0.3) is 0 Å². The Bertz CT molecular complexity index is 564. The molecule has 0 radical (unpaired) electrons. The predicted molar refractivity (Wildman–Crippen MR) is 85.4 cm³/mol. The Hall–Kier alpha value is -1.67. The second-order valence-electron chi connectivity index (χ2n) is 5.43. The van der Waals surface area contributed by atoms with E-state index in [9.17, 15) is 5.11 Å². The Morgan fingerprint density at radius 3 is 2.30 bits per heavy atom. The smallest absolute Gasteiger partial charge is 0.134 e. The zero-order valence-electron chi connectivity index (χ0n) is 11.9. The molecule has 20 heavy (non-hydrogen) atoms. The third-order valence-electron chi connectivity index (χ3n) is 3.11. The van der Waals surface area contributed by atoms with Crippen molar-refractivity contribution in [2.45, 2.75) is 26.8 Å². The maximum atomic E-state index is 9.37. The fourth-order valence-electron chi connectivity index (χ4n) is 2.09. The Labute approximate surface area is 125 Å². The summed E-state index contributed by atoms with van der Waals surface area (Å²) in [5.41, 5.74) is 3.50. The van der Waals surface area contributed by atoms with Crippen LogP contribution < -0.4 is 5.32 Å². The van der Waals surface area contributed by atoms with Gasteiger partial charge in [0.1, 0.15) is 5.75 Å². The molecule has 2 N–H and O–H groups in total. The van der Waals surface area contributed by atoms with Crippen LogP contribution in [0.15, 0.2) is 42.5 Å². The minimum Gasteiger partial charge on any atom is -0.506 e. The lowest BCUT2D eigenvalue weighted by atomic mass is 10.0. The Kier molecular flexibility index (Phi) is 4.91. The molecule has 0 aromatic heterocycles. The summed E-state index contributed by atoms with van der Waals surface area (Å²) in [5, 5.41) is 13.0. The molecule has 0 saturated carbocycles. The van der Waals surface area contributed by atoms with Crippen LogP contribution in [0.4, 0.5) is 5.69 Å². The first-order valence-corrected chi connectivity index (χ1v) is 7.22. The quantitative estimate of drug-likeness (QED) is 0.771. The average Bonchev–Trinajstić information content (AvgIpc) is 2.41. The van der Waals surface area contributed by atoms with Crippen LogP contribution in [0.2, 0.25) is 5.02 Å². The van der Waals surface area contributed by atoms with Crippen molar-refractivity contribution >= 4 is 17.3 Å². The van der Waals surface area contributed by atoms with Crippen LogP contribution in [0.1, 0.15) is 25.0 Å². The van der Waals surface area contributed by atoms with Gasteiger partial charge in [0.05, 0.1) is 5.02 Å². The van der Waals surface area contributed by atoms with Gasteiger partial charge in [0, 0.05) is 12.2 Å². The molecule has 0 bridgehead atoms. The fourth-order valence-corrected chi connectivity index (χ4v) is 2.27. The topological polar surface area (TPSA) is 32.3 Å². The number of phenols is 1. The molecular formula is C17H20ClNO. The average molecular weight is 290 g/mol. The standard InChI is InChI=1S/C17H20ClNO/c1-12(2)9-13-3-5-14(6-4-13)11-19-15-7-8-17(20)16(18)10-15/h3-8,10,12,19-20H,9,11H2,1-2H3. The van der Waals surface area contributed by atoms with Gasteiger partial charge in [-0.2, -0.15) is 0 Å². The van der Waals surface area contributed by atoms with E-state index in [1.54, 1.807) is 12.1 Å². The van der Waals surface area contributed by atoms with Crippen LogP contribution in [0.5, 0.6) is 5.75 Å². The molecule has 3 heteroatoms. The van der Waals surface area contributed by atoms with Gasteiger partial charge in [0.25, 0.3) is 0 Å². The van der Waals surface area contributed by atoms with Crippen LogP contribution in [0.3, 0.4) is 0 Å². The molecule has 0 atom stereocenters. The molecular weight excluding hydrogens is 270 g/mol. The molecule has 0 amide bonds. The fraction of sp³-hybridized carbons (Fsp3) is 0.294. The van der Waals surface area contributed by atoms with Gasteiger partial charge < -0.3 is 10.4 Å². The van der Waals surface area contributed by atoms with Crippen molar-refractivity contribution in [1.29, 1.82) is 0 Å². The summed E-state index contributed by atoms with van der Waals surface area (Å²) in [6.07, 6.45) is 1.11. The Balaban J connectivity index is 1.95. The van der Waals surface area contributed by atoms with E-state index in [4.69, 9.17) is 11.6 Å². The first kappa shape index (κ1) is 14.7. The highest BCUT2D eigenvalue weighted by atomic mass is 35.5. The molecule has 0 spiro atoms. The zero-order chi connectivity index (χ0) is 14.5. The lowest BCUT2D eigenvalue weighted by molar-refractivity contribution is 0.475. The summed E-state index contributed by atoms with van der Waals surface area (Å²) in [7, 11) is 0. The molecule has 0 aliphatic heterocycles. The van der Waals surface area contributed by atoms with E-state index >= 15 is 0 Å². The van der Waals surface area contributed by atoms with E-state index in [0.29, 0.717) is 10.9 Å². The van der Waals surface area contributed by atoms with Gasteiger partial charge in [-0.1, -0.05) is 49.7 Å². The summed E-state index contributed by atoms with van der Waals surface area (Å²) in [6, 6.07) is 13.8. The van der Waals surface area contributed by atoms with E-state index in [0.717, 1.165) is 18.7 Å². The Morgan fingerprint density at radius 2 is 1.70 bits per heavy atom. The number of halogens is 1. The summed E-state index contributed by atoms with van der Waals surface area (Å²) in [6.45, 7) is 5.19. The summed E-state index contributed by atoms with van der Waals surface area (Å²) in [4.78, 5) is 0. The van der Waals surface area contributed by atoms with Crippen molar-refractivity contribution in [3.05, 3.63) is 58.6 Å². The van der Waals surface area contributed by atoms with Crippen molar-refractivity contribution in [2.24, 2.45) is 5.92 Å². The highest BCUT2D eigenvalue weighted by molar-refractivity contribution is 6.32. The van der Waals surface area contributed by atoms with Crippen molar-refractivity contribution in [3.8, 4) is 5.75 Å². The van der Waals surface area contributed by atoms with Crippen molar-refractivity contribution < 1.29 is 5.11 Å². The zero-order valence-corrected chi connectivity index (χ0v) is 12.6. The van der Waals surface area contributed by atoms with Gasteiger partial charge in [0.15, 0.2) is 0 Å². The summed E-state index contributed by atoms with van der Waals surface area (Å²) >= 11 is 5.87. The van der Waals surface area contributed by atoms with E-state index in [2.05, 4.69) is 43.4 Å². The predicted octanol–water partition coefficient (Wildman–Crippen LogP) is 4.86. The first-order chi connectivity index (χ1) is 9.54. The second-order valence-corrected chi connectivity index (χ2v) is 5.84. The maximum Gasteiger partial charge on any atom is 0.134 e. The molecule has 2 rings (SSSR count). The van der Waals surface area contributed by atoms with Crippen molar-refractivity contribution in [1.82, 2.24) is 0 Å².